The molecular weight excluding hydrogens is 292 g/mol. The van der Waals surface area contributed by atoms with Crippen LogP contribution in [0, 0.1) is 13.8 Å². The van der Waals surface area contributed by atoms with E-state index in [-0.39, 0.29) is 0 Å². The molecule has 1 aromatic carbocycles. The molecule has 0 saturated heterocycles. The van der Waals surface area contributed by atoms with Crippen LogP contribution in [0.25, 0.3) is 0 Å². The van der Waals surface area contributed by atoms with Crippen molar-refractivity contribution < 1.29 is 4.74 Å². The first-order valence-electron chi connectivity index (χ1n) is 6.30. The van der Waals surface area contributed by atoms with E-state index in [4.69, 9.17) is 10.5 Å². The van der Waals surface area contributed by atoms with E-state index >= 15 is 0 Å². The molecule has 0 bridgehead atoms. The van der Waals surface area contributed by atoms with Crippen LogP contribution in [0.4, 0.5) is 5.69 Å². The first kappa shape index (κ1) is 15.5. The summed E-state index contributed by atoms with van der Waals surface area (Å²) < 4.78 is 6.42. The molecule has 0 radical (unpaired) electrons. The summed E-state index contributed by atoms with van der Waals surface area (Å²) in [6, 6.07) is 4.63. The van der Waals surface area contributed by atoms with Crippen molar-refractivity contribution in [3.05, 3.63) is 27.7 Å². The molecule has 0 aliphatic rings. The molecule has 0 amide bonds. The molecule has 0 saturated carbocycles. The highest BCUT2D eigenvalue weighted by Gasteiger charge is 2.09. The Kier molecular flexibility index (Phi) is 6.68. The van der Waals surface area contributed by atoms with Crippen molar-refractivity contribution in [3.63, 3.8) is 0 Å². The normalized spacial score (nSPS) is 12.5. The lowest BCUT2D eigenvalue weighted by molar-refractivity contribution is 0.182. The van der Waals surface area contributed by atoms with E-state index in [9.17, 15) is 0 Å². The number of benzene rings is 1. The zero-order valence-corrected chi connectivity index (χ0v) is 13.0. The lowest BCUT2D eigenvalue weighted by Gasteiger charge is -2.20. The van der Waals surface area contributed by atoms with E-state index in [1.165, 1.54) is 15.6 Å². The van der Waals surface area contributed by atoms with Gasteiger partial charge in [0.05, 0.1) is 6.61 Å². The van der Waals surface area contributed by atoms with E-state index in [0.29, 0.717) is 12.6 Å². The number of anilines is 1. The van der Waals surface area contributed by atoms with E-state index in [1.54, 1.807) is 7.11 Å². The van der Waals surface area contributed by atoms with Gasteiger partial charge in [0.2, 0.25) is 0 Å². The van der Waals surface area contributed by atoms with Crippen LogP contribution in [0.15, 0.2) is 16.6 Å². The highest BCUT2D eigenvalue weighted by molar-refractivity contribution is 9.10. The van der Waals surface area contributed by atoms with Crippen LogP contribution in [0.2, 0.25) is 0 Å². The molecule has 1 rings (SSSR count). The molecule has 1 aromatic rings. The molecule has 3 N–H and O–H groups in total. The molecule has 0 aliphatic carbocycles. The fourth-order valence-corrected chi connectivity index (χ4v) is 2.26. The Morgan fingerprint density at radius 1 is 1.33 bits per heavy atom. The van der Waals surface area contributed by atoms with Gasteiger partial charge in [0, 0.05) is 23.3 Å². The standard InChI is InChI=1S/C14H23BrN2O/c1-10-7-13(8-11(2)14(10)15)17-12(9-18-3)5-4-6-16/h7-8,12,17H,4-6,9,16H2,1-3H3. The van der Waals surface area contributed by atoms with E-state index < -0.39 is 0 Å². The zero-order chi connectivity index (χ0) is 13.5. The van der Waals surface area contributed by atoms with Crippen molar-refractivity contribution in [2.45, 2.75) is 32.7 Å². The maximum Gasteiger partial charge on any atom is 0.0664 e. The topological polar surface area (TPSA) is 47.3 Å². The molecule has 102 valence electrons. The van der Waals surface area contributed by atoms with Gasteiger partial charge in [-0.15, -0.1) is 0 Å². The van der Waals surface area contributed by atoms with Crippen molar-refractivity contribution >= 4 is 21.6 Å². The zero-order valence-electron chi connectivity index (χ0n) is 11.4. The minimum Gasteiger partial charge on any atom is -0.383 e. The van der Waals surface area contributed by atoms with E-state index in [1.807, 2.05) is 0 Å². The smallest absolute Gasteiger partial charge is 0.0664 e. The molecule has 0 fully saturated rings. The number of nitrogens with one attached hydrogen (secondary N) is 1. The van der Waals surface area contributed by atoms with Crippen LogP contribution in [0.3, 0.4) is 0 Å². The van der Waals surface area contributed by atoms with Crippen LogP contribution in [0.5, 0.6) is 0 Å². The van der Waals surface area contributed by atoms with Crippen LogP contribution >= 0.6 is 15.9 Å². The summed E-state index contributed by atoms with van der Waals surface area (Å²) in [4.78, 5) is 0. The van der Waals surface area contributed by atoms with Gasteiger partial charge in [0.15, 0.2) is 0 Å². The van der Waals surface area contributed by atoms with Crippen LogP contribution in [-0.4, -0.2) is 26.3 Å². The molecule has 4 heteroatoms. The van der Waals surface area contributed by atoms with E-state index in [2.05, 4.69) is 47.2 Å². The molecule has 3 nitrogen and oxygen atoms in total. The van der Waals surface area contributed by atoms with Crippen molar-refractivity contribution in [1.29, 1.82) is 0 Å². The van der Waals surface area contributed by atoms with Crippen LogP contribution < -0.4 is 11.1 Å². The molecule has 0 aromatic heterocycles. The number of hydrogen-bond donors (Lipinski definition) is 2. The SMILES string of the molecule is COCC(CCCN)Nc1cc(C)c(Br)c(C)c1. The summed E-state index contributed by atoms with van der Waals surface area (Å²) in [6.07, 6.45) is 2.04. The summed E-state index contributed by atoms with van der Waals surface area (Å²) in [5, 5.41) is 3.52. The second-order valence-electron chi connectivity index (χ2n) is 4.65. The Hall–Kier alpha value is -0.580. The second kappa shape index (κ2) is 7.77. The van der Waals surface area contributed by atoms with Crippen molar-refractivity contribution in [2.75, 3.05) is 25.6 Å². The van der Waals surface area contributed by atoms with Gasteiger partial charge in [-0.1, -0.05) is 15.9 Å². The number of aryl methyl sites for hydroxylation is 2. The summed E-state index contributed by atoms with van der Waals surface area (Å²) >= 11 is 3.58. The van der Waals surface area contributed by atoms with Gasteiger partial charge in [0.25, 0.3) is 0 Å². The fourth-order valence-electron chi connectivity index (χ4n) is 2.03. The minimum absolute atomic E-state index is 0.318. The summed E-state index contributed by atoms with van der Waals surface area (Å²) in [6.45, 7) is 5.63. The monoisotopic (exact) mass is 314 g/mol. The number of hydrogen-bond acceptors (Lipinski definition) is 3. The first-order chi connectivity index (χ1) is 8.58. The van der Waals surface area contributed by atoms with Gasteiger partial charge >= 0.3 is 0 Å². The van der Waals surface area contributed by atoms with Crippen LogP contribution in [-0.2, 0) is 4.74 Å². The average Bonchev–Trinajstić information content (AvgIpc) is 2.33. The third kappa shape index (κ3) is 4.59. The fraction of sp³-hybridized carbons (Fsp3) is 0.571. The highest BCUT2D eigenvalue weighted by atomic mass is 79.9. The molecule has 0 aliphatic heterocycles. The first-order valence-corrected chi connectivity index (χ1v) is 7.10. The third-order valence-corrected chi connectivity index (χ3v) is 4.18. The molecule has 18 heavy (non-hydrogen) atoms. The van der Waals surface area contributed by atoms with E-state index in [0.717, 1.165) is 25.1 Å². The average molecular weight is 315 g/mol. The van der Waals surface area contributed by atoms with Gasteiger partial charge in [-0.2, -0.15) is 0 Å². The Balaban J connectivity index is 2.73. The Morgan fingerprint density at radius 3 is 2.44 bits per heavy atom. The predicted molar refractivity (Wildman–Crippen MR) is 81.2 cm³/mol. The summed E-state index contributed by atoms with van der Waals surface area (Å²) in [5.74, 6) is 0. The highest BCUT2D eigenvalue weighted by Crippen LogP contribution is 2.25. The van der Waals surface area contributed by atoms with Crippen molar-refractivity contribution in [3.8, 4) is 0 Å². The quantitative estimate of drug-likeness (QED) is 0.812. The predicted octanol–water partition coefficient (Wildman–Crippen LogP) is 3.23. The molecule has 1 atom stereocenters. The number of nitrogens with two attached hydrogens (primary N) is 1. The minimum atomic E-state index is 0.318. The van der Waals surface area contributed by atoms with Gasteiger partial charge in [-0.05, 0) is 56.5 Å². The van der Waals surface area contributed by atoms with Crippen LogP contribution in [0.1, 0.15) is 24.0 Å². The van der Waals surface area contributed by atoms with Crippen molar-refractivity contribution in [2.24, 2.45) is 5.73 Å². The Morgan fingerprint density at radius 2 is 1.94 bits per heavy atom. The molecule has 1 unspecified atom stereocenters. The number of halogens is 1. The Labute approximate surface area is 118 Å². The molecular formula is C14H23BrN2O. The summed E-state index contributed by atoms with van der Waals surface area (Å²) in [7, 11) is 1.73. The van der Waals surface area contributed by atoms with Gasteiger partial charge in [0.1, 0.15) is 0 Å². The summed E-state index contributed by atoms with van der Waals surface area (Å²) in [5.41, 5.74) is 9.19. The maximum atomic E-state index is 5.56. The number of methoxy groups -OCH3 is 1. The largest absolute Gasteiger partial charge is 0.383 e. The number of ether oxygens (including phenoxy) is 1. The van der Waals surface area contributed by atoms with Crippen molar-refractivity contribution in [1.82, 2.24) is 0 Å². The lowest BCUT2D eigenvalue weighted by Crippen LogP contribution is -2.26. The van der Waals surface area contributed by atoms with Gasteiger partial charge in [-0.25, -0.2) is 0 Å². The lowest BCUT2D eigenvalue weighted by atomic mass is 10.1. The number of rotatable bonds is 7. The molecule has 0 spiro atoms. The Bertz CT molecular complexity index is 359. The molecule has 0 heterocycles. The third-order valence-electron chi connectivity index (χ3n) is 2.93. The second-order valence-corrected chi connectivity index (χ2v) is 5.44. The maximum absolute atomic E-state index is 5.56. The van der Waals surface area contributed by atoms with Gasteiger partial charge in [-0.3, -0.25) is 0 Å². The van der Waals surface area contributed by atoms with Gasteiger partial charge < -0.3 is 15.8 Å².